The molecule has 0 spiro atoms. The molecule has 2 aromatic heterocycles. The zero-order valence-corrected chi connectivity index (χ0v) is 9.65. The molecule has 13 heavy (non-hydrogen) atoms. The van der Waals surface area contributed by atoms with E-state index in [0.29, 0.717) is 5.15 Å². The number of pyridine rings is 1. The number of rotatable bonds is 0. The number of aryl methyl sites for hydroxylation is 2. The highest BCUT2D eigenvalue weighted by molar-refractivity contribution is 9.10. The van der Waals surface area contributed by atoms with Crippen LogP contribution in [0.1, 0.15) is 11.4 Å². The van der Waals surface area contributed by atoms with Crippen molar-refractivity contribution >= 4 is 33.2 Å². The van der Waals surface area contributed by atoms with Gasteiger partial charge in [-0.25, -0.2) is 4.98 Å². The van der Waals surface area contributed by atoms with Crippen LogP contribution >= 0.6 is 27.5 Å². The lowest BCUT2D eigenvalue weighted by Gasteiger charge is -2.03. The van der Waals surface area contributed by atoms with Crippen LogP contribution < -0.4 is 0 Å². The molecule has 0 aliphatic heterocycles. The molecule has 0 amide bonds. The van der Waals surface area contributed by atoms with Gasteiger partial charge in [-0.1, -0.05) is 11.6 Å². The number of imidazole rings is 1. The lowest BCUT2D eigenvalue weighted by molar-refractivity contribution is 1.03. The summed E-state index contributed by atoms with van der Waals surface area (Å²) >= 11 is 9.40. The highest BCUT2D eigenvalue weighted by Gasteiger charge is 2.08. The first-order chi connectivity index (χ1) is 6.11. The molecular weight excluding hydrogens is 251 g/mol. The summed E-state index contributed by atoms with van der Waals surface area (Å²) in [7, 11) is 0. The van der Waals surface area contributed by atoms with Gasteiger partial charge in [-0.2, -0.15) is 0 Å². The van der Waals surface area contributed by atoms with Gasteiger partial charge in [-0.05, 0) is 41.9 Å². The van der Waals surface area contributed by atoms with Crippen molar-refractivity contribution in [3.8, 4) is 0 Å². The summed E-state index contributed by atoms with van der Waals surface area (Å²) in [5, 5.41) is 0.571. The van der Waals surface area contributed by atoms with E-state index in [1.165, 1.54) is 0 Å². The summed E-state index contributed by atoms with van der Waals surface area (Å²) in [5.74, 6) is 0. The highest BCUT2D eigenvalue weighted by atomic mass is 79.9. The van der Waals surface area contributed by atoms with Crippen LogP contribution in [0.15, 0.2) is 16.6 Å². The van der Waals surface area contributed by atoms with Crippen LogP contribution in [0.3, 0.4) is 0 Å². The van der Waals surface area contributed by atoms with E-state index in [-0.39, 0.29) is 0 Å². The first-order valence-corrected chi connectivity index (χ1v) is 5.08. The molecule has 2 rings (SSSR count). The second kappa shape index (κ2) is 3.00. The van der Waals surface area contributed by atoms with Crippen LogP contribution in [0, 0.1) is 13.8 Å². The summed E-state index contributed by atoms with van der Waals surface area (Å²) in [6, 6.07) is 3.92. The van der Waals surface area contributed by atoms with Crippen molar-refractivity contribution in [1.29, 1.82) is 0 Å². The Kier molecular flexibility index (Phi) is 2.08. The Morgan fingerprint density at radius 3 is 2.69 bits per heavy atom. The zero-order chi connectivity index (χ0) is 9.59. The fourth-order valence-electron chi connectivity index (χ4n) is 1.41. The molecule has 2 nitrogen and oxygen atoms in total. The molecule has 0 bridgehead atoms. The highest BCUT2D eigenvalue weighted by Crippen LogP contribution is 2.23. The molecule has 68 valence electrons. The fourth-order valence-corrected chi connectivity index (χ4v) is 1.89. The second-order valence-electron chi connectivity index (χ2n) is 2.95. The van der Waals surface area contributed by atoms with Crippen molar-refractivity contribution in [2.24, 2.45) is 0 Å². The molecule has 0 unspecified atom stereocenters. The molecule has 0 saturated carbocycles. The van der Waals surface area contributed by atoms with Crippen LogP contribution in [0.4, 0.5) is 0 Å². The maximum atomic E-state index is 5.93. The van der Waals surface area contributed by atoms with E-state index in [4.69, 9.17) is 11.6 Å². The van der Waals surface area contributed by atoms with Gasteiger partial charge in [0.15, 0.2) is 5.15 Å². The van der Waals surface area contributed by atoms with Gasteiger partial charge in [0.25, 0.3) is 0 Å². The summed E-state index contributed by atoms with van der Waals surface area (Å²) in [5.41, 5.74) is 2.99. The van der Waals surface area contributed by atoms with Gasteiger partial charge in [0.2, 0.25) is 0 Å². The molecule has 4 heteroatoms. The smallest absolute Gasteiger partial charge is 0.151 e. The number of aromatic nitrogens is 2. The van der Waals surface area contributed by atoms with E-state index in [1.807, 2.05) is 30.4 Å². The molecule has 0 radical (unpaired) electrons. The van der Waals surface area contributed by atoms with Gasteiger partial charge < -0.3 is 0 Å². The van der Waals surface area contributed by atoms with Crippen LogP contribution in [0.5, 0.6) is 0 Å². The molecule has 0 N–H and O–H groups in total. The third-order valence-electron chi connectivity index (χ3n) is 2.14. The Labute approximate surface area is 89.7 Å². The van der Waals surface area contributed by atoms with Crippen molar-refractivity contribution in [2.75, 3.05) is 0 Å². The van der Waals surface area contributed by atoms with E-state index in [0.717, 1.165) is 21.5 Å². The van der Waals surface area contributed by atoms with Gasteiger partial charge in [0.1, 0.15) is 5.65 Å². The standard InChI is InChI=1S/C9H8BrClN2/c1-5-7(10)3-4-8-12-9(11)6(2)13(5)8/h3-4H,1-2H3. The zero-order valence-electron chi connectivity index (χ0n) is 7.31. The fraction of sp³-hybridized carbons (Fsp3) is 0.222. The average Bonchev–Trinajstić information content (AvgIpc) is 2.37. The van der Waals surface area contributed by atoms with Gasteiger partial charge in [-0.15, -0.1) is 0 Å². The quantitative estimate of drug-likeness (QED) is 0.709. The van der Waals surface area contributed by atoms with Crippen LogP contribution in [-0.4, -0.2) is 9.38 Å². The van der Waals surface area contributed by atoms with Crippen molar-refractivity contribution in [3.05, 3.63) is 33.1 Å². The lowest BCUT2D eigenvalue weighted by Crippen LogP contribution is -1.93. The van der Waals surface area contributed by atoms with Gasteiger partial charge >= 0.3 is 0 Å². The maximum absolute atomic E-state index is 5.93. The molecule has 0 atom stereocenters. The van der Waals surface area contributed by atoms with E-state index < -0.39 is 0 Å². The first kappa shape index (κ1) is 9.03. The van der Waals surface area contributed by atoms with Crippen LogP contribution in [0.25, 0.3) is 5.65 Å². The Morgan fingerprint density at radius 2 is 2.00 bits per heavy atom. The van der Waals surface area contributed by atoms with Crippen molar-refractivity contribution in [2.45, 2.75) is 13.8 Å². The number of hydrogen-bond donors (Lipinski definition) is 0. The third-order valence-corrected chi connectivity index (χ3v) is 3.33. The molecule has 2 aromatic rings. The third kappa shape index (κ3) is 1.27. The number of fused-ring (bicyclic) bond motifs is 1. The Morgan fingerprint density at radius 1 is 1.31 bits per heavy atom. The second-order valence-corrected chi connectivity index (χ2v) is 4.16. The van der Waals surface area contributed by atoms with E-state index in [2.05, 4.69) is 20.9 Å². The summed E-state index contributed by atoms with van der Waals surface area (Å²) in [6.45, 7) is 3.99. The molecule has 0 aliphatic carbocycles. The minimum Gasteiger partial charge on any atom is -0.299 e. The predicted octanol–water partition coefficient (Wildman–Crippen LogP) is 3.37. The van der Waals surface area contributed by atoms with E-state index >= 15 is 0 Å². The number of hydrogen-bond acceptors (Lipinski definition) is 1. The summed E-state index contributed by atoms with van der Waals surface area (Å²) in [4.78, 5) is 4.22. The van der Waals surface area contributed by atoms with Crippen molar-refractivity contribution in [3.63, 3.8) is 0 Å². The maximum Gasteiger partial charge on any atom is 0.151 e. The van der Waals surface area contributed by atoms with Crippen LogP contribution in [-0.2, 0) is 0 Å². The van der Waals surface area contributed by atoms with Crippen molar-refractivity contribution in [1.82, 2.24) is 9.38 Å². The predicted molar refractivity (Wildman–Crippen MR) is 57.4 cm³/mol. The lowest BCUT2D eigenvalue weighted by atomic mass is 10.3. The Balaban J connectivity index is 2.97. The Hall–Kier alpha value is -0.540. The van der Waals surface area contributed by atoms with Crippen LogP contribution in [0.2, 0.25) is 5.15 Å². The first-order valence-electron chi connectivity index (χ1n) is 3.91. The minimum absolute atomic E-state index is 0.571. The molecule has 0 fully saturated rings. The summed E-state index contributed by atoms with van der Waals surface area (Å²) in [6.07, 6.45) is 0. The largest absolute Gasteiger partial charge is 0.299 e. The van der Waals surface area contributed by atoms with Gasteiger partial charge in [-0.3, -0.25) is 4.40 Å². The molecule has 0 saturated heterocycles. The normalized spacial score (nSPS) is 11.1. The summed E-state index contributed by atoms with van der Waals surface area (Å²) < 4.78 is 3.10. The topological polar surface area (TPSA) is 17.3 Å². The molecule has 0 aliphatic rings. The number of halogens is 2. The minimum atomic E-state index is 0.571. The van der Waals surface area contributed by atoms with Gasteiger partial charge in [0.05, 0.1) is 5.69 Å². The van der Waals surface area contributed by atoms with E-state index in [1.54, 1.807) is 0 Å². The molecule has 2 heterocycles. The van der Waals surface area contributed by atoms with Crippen molar-refractivity contribution < 1.29 is 0 Å². The van der Waals surface area contributed by atoms with Gasteiger partial charge in [0, 0.05) is 10.2 Å². The Bertz CT molecular complexity index is 476. The molecule has 0 aromatic carbocycles. The monoisotopic (exact) mass is 258 g/mol. The average molecular weight is 260 g/mol. The SMILES string of the molecule is Cc1c(Br)ccc2nc(Cl)c(C)n12. The van der Waals surface area contributed by atoms with E-state index in [9.17, 15) is 0 Å². The molecular formula is C9H8BrClN2. The number of nitrogens with zero attached hydrogens (tertiary/aromatic N) is 2.